The number of benzene rings is 2. The average Bonchev–Trinajstić information content (AvgIpc) is 3.28. The van der Waals surface area contributed by atoms with Crippen LogP contribution >= 0.6 is 11.3 Å². The molecular weight excluding hydrogens is 594 g/mol. The van der Waals surface area contributed by atoms with E-state index in [1.165, 1.54) is 7.05 Å². The first-order valence-electron chi connectivity index (χ1n) is 13.6. The second-order valence-corrected chi connectivity index (χ2v) is 11.5. The standard InChI is InChI=1S/C30H32F6N4O2S/c1-37-28(41)20-14-25(42-29(32)33)24(15-22(20)31)38-13-5-8-26-21(16-30(34,35)36)19-6-4-7-23(27(19)43-26)39-17-9-11-18(12-10-17)40(2)3/h4,6-7,14-15,17-18,29,38-39H,9-13,16H2,1-3H3,(H,37,41). The molecule has 232 valence electrons. The van der Waals surface area contributed by atoms with Crippen LogP contribution in [-0.4, -0.2) is 63.4 Å². The largest absolute Gasteiger partial charge is 0.433 e. The topological polar surface area (TPSA) is 65.6 Å². The maximum atomic E-state index is 14.5. The maximum absolute atomic E-state index is 14.5. The summed E-state index contributed by atoms with van der Waals surface area (Å²) in [5.41, 5.74) is 0.127. The van der Waals surface area contributed by atoms with E-state index in [4.69, 9.17) is 0 Å². The van der Waals surface area contributed by atoms with Crippen molar-refractivity contribution >= 4 is 38.7 Å². The highest BCUT2D eigenvalue weighted by Crippen LogP contribution is 2.40. The molecule has 6 nitrogen and oxygen atoms in total. The molecule has 1 saturated carbocycles. The molecular formula is C30H32F6N4O2S. The lowest BCUT2D eigenvalue weighted by molar-refractivity contribution is -0.127. The van der Waals surface area contributed by atoms with E-state index < -0.39 is 42.2 Å². The quantitative estimate of drug-likeness (QED) is 0.179. The third-order valence-corrected chi connectivity index (χ3v) is 8.50. The number of anilines is 2. The molecule has 0 aliphatic heterocycles. The number of rotatable bonds is 9. The zero-order valence-corrected chi connectivity index (χ0v) is 24.6. The number of nitrogens with zero attached hydrogens (tertiary/aromatic N) is 1. The Kier molecular flexibility index (Phi) is 10.3. The molecule has 3 aromatic rings. The summed E-state index contributed by atoms with van der Waals surface area (Å²) in [5.74, 6) is 3.20. The maximum Gasteiger partial charge on any atom is 0.393 e. The van der Waals surface area contributed by atoms with E-state index in [9.17, 15) is 31.1 Å². The van der Waals surface area contributed by atoms with Gasteiger partial charge in [0.1, 0.15) is 11.6 Å². The predicted molar refractivity (Wildman–Crippen MR) is 157 cm³/mol. The van der Waals surface area contributed by atoms with Gasteiger partial charge in [0, 0.05) is 25.2 Å². The number of alkyl halides is 5. The summed E-state index contributed by atoms with van der Waals surface area (Å²) in [4.78, 5) is 14.3. The number of fused-ring (bicyclic) bond motifs is 1. The SMILES string of the molecule is CNC(=O)c1cc(OC(F)F)c(NCC#Cc2sc3c(NC4CCC(N(C)C)CC4)cccc3c2CC(F)(F)F)cc1F. The van der Waals surface area contributed by atoms with Crippen LogP contribution in [0.5, 0.6) is 5.75 Å². The van der Waals surface area contributed by atoms with Gasteiger partial charge in [0.25, 0.3) is 5.91 Å². The number of ether oxygens (including phenoxy) is 1. The molecule has 1 aromatic heterocycles. The Balaban J connectivity index is 1.59. The fourth-order valence-corrected chi connectivity index (χ4v) is 6.35. The fourth-order valence-electron chi connectivity index (χ4n) is 5.18. The van der Waals surface area contributed by atoms with Gasteiger partial charge in [-0.3, -0.25) is 4.79 Å². The summed E-state index contributed by atoms with van der Waals surface area (Å²) >= 11 is 1.15. The molecule has 0 radical (unpaired) electrons. The van der Waals surface area contributed by atoms with Crippen molar-refractivity contribution in [3.8, 4) is 17.6 Å². The van der Waals surface area contributed by atoms with Crippen molar-refractivity contribution in [1.82, 2.24) is 10.2 Å². The molecule has 1 heterocycles. The summed E-state index contributed by atoms with van der Waals surface area (Å²) in [6.45, 7) is -3.47. The van der Waals surface area contributed by atoms with Crippen LogP contribution < -0.4 is 20.7 Å². The van der Waals surface area contributed by atoms with Crippen molar-refractivity contribution in [2.24, 2.45) is 0 Å². The van der Waals surface area contributed by atoms with E-state index in [2.05, 4.69) is 51.5 Å². The number of nitrogens with one attached hydrogen (secondary N) is 3. The van der Waals surface area contributed by atoms with Crippen LogP contribution in [0.25, 0.3) is 10.1 Å². The number of amides is 1. The summed E-state index contributed by atoms with van der Waals surface area (Å²) in [7, 11) is 5.37. The summed E-state index contributed by atoms with van der Waals surface area (Å²) < 4.78 is 86.3. The molecule has 1 aliphatic carbocycles. The number of hydrogen-bond acceptors (Lipinski definition) is 6. The average molecular weight is 627 g/mol. The molecule has 1 fully saturated rings. The normalized spacial score (nSPS) is 17.1. The molecule has 0 spiro atoms. The van der Waals surface area contributed by atoms with E-state index >= 15 is 0 Å². The highest BCUT2D eigenvalue weighted by atomic mass is 32.1. The molecule has 0 atom stereocenters. The molecule has 13 heteroatoms. The van der Waals surface area contributed by atoms with Crippen LogP contribution in [0.1, 0.15) is 46.5 Å². The van der Waals surface area contributed by atoms with Crippen molar-refractivity contribution in [1.29, 1.82) is 0 Å². The van der Waals surface area contributed by atoms with Crippen LogP contribution in [0, 0.1) is 17.7 Å². The minimum Gasteiger partial charge on any atom is -0.433 e. The smallest absolute Gasteiger partial charge is 0.393 e. The molecule has 4 rings (SSSR count). The zero-order valence-electron chi connectivity index (χ0n) is 23.8. The van der Waals surface area contributed by atoms with Crippen molar-refractivity contribution in [2.75, 3.05) is 38.3 Å². The molecule has 0 unspecified atom stereocenters. The minimum atomic E-state index is -4.47. The second-order valence-electron chi connectivity index (χ2n) is 10.4. The van der Waals surface area contributed by atoms with Crippen LogP contribution in [-0.2, 0) is 6.42 Å². The van der Waals surface area contributed by atoms with Crippen molar-refractivity contribution < 1.29 is 35.9 Å². The van der Waals surface area contributed by atoms with Gasteiger partial charge >= 0.3 is 12.8 Å². The van der Waals surface area contributed by atoms with Crippen LogP contribution in [0.4, 0.5) is 37.7 Å². The number of hydrogen-bond donors (Lipinski definition) is 3. The lowest BCUT2D eigenvalue weighted by atomic mass is 9.90. The Morgan fingerprint density at radius 1 is 1.14 bits per heavy atom. The second kappa shape index (κ2) is 13.8. The number of carbonyl (C=O) groups is 1. The molecule has 0 saturated heterocycles. The predicted octanol–water partition coefficient (Wildman–Crippen LogP) is 6.85. The van der Waals surface area contributed by atoms with Crippen molar-refractivity contribution in [3.05, 3.63) is 52.2 Å². The Labute approximate surface area is 249 Å². The van der Waals surface area contributed by atoms with Crippen molar-refractivity contribution in [3.63, 3.8) is 0 Å². The van der Waals surface area contributed by atoms with Gasteiger partial charge in [-0.2, -0.15) is 22.0 Å². The van der Waals surface area contributed by atoms with Gasteiger partial charge in [-0.25, -0.2) is 4.39 Å². The Morgan fingerprint density at radius 3 is 2.49 bits per heavy atom. The van der Waals surface area contributed by atoms with Gasteiger partial charge in [0.2, 0.25) is 0 Å². The molecule has 2 aromatic carbocycles. The first-order valence-corrected chi connectivity index (χ1v) is 14.4. The van der Waals surface area contributed by atoms with Crippen molar-refractivity contribution in [2.45, 2.75) is 57.0 Å². The lowest BCUT2D eigenvalue weighted by Gasteiger charge is -2.33. The van der Waals surface area contributed by atoms with Crippen LogP contribution in [0.15, 0.2) is 30.3 Å². The van der Waals surface area contributed by atoms with Gasteiger partial charge < -0.3 is 25.6 Å². The van der Waals surface area contributed by atoms with Gasteiger partial charge in [0.15, 0.2) is 0 Å². The minimum absolute atomic E-state index is 0.0580. The third-order valence-electron chi connectivity index (χ3n) is 7.31. The lowest BCUT2D eigenvalue weighted by Crippen LogP contribution is -2.36. The summed E-state index contributed by atoms with van der Waals surface area (Å²) in [6.07, 6.45) is -1.70. The van der Waals surface area contributed by atoms with E-state index in [1.807, 2.05) is 6.07 Å². The third kappa shape index (κ3) is 8.26. The van der Waals surface area contributed by atoms with Gasteiger partial charge in [0.05, 0.1) is 39.5 Å². The monoisotopic (exact) mass is 626 g/mol. The molecule has 1 amide bonds. The first kappa shape index (κ1) is 32.3. The van der Waals surface area contributed by atoms with Gasteiger partial charge in [-0.1, -0.05) is 24.0 Å². The molecule has 3 N–H and O–H groups in total. The Hall–Kier alpha value is -3.63. The Morgan fingerprint density at radius 2 is 1.86 bits per heavy atom. The van der Waals surface area contributed by atoms with Crippen LogP contribution in [0.3, 0.4) is 0 Å². The first-order chi connectivity index (χ1) is 20.4. The molecule has 43 heavy (non-hydrogen) atoms. The Bertz CT molecular complexity index is 1500. The number of carbonyl (C=O) groups excluding carboxylic acids is 1. The molecule has 1 aliphatic rings. The highest BCUT2D eigenvalue weighted by Gasteiger charge is 2.31. The van der Waals surface area contributed by atoms with Crippen LogP contribution in [0.2, 0.25) is 0 Å². The van der Waals surface area contributed by atoms with Gasteiger partial charge in [-0.05, 0) is 62.9 Å². The number of halogens is 6. The van der Waals surface area contributed by atoms with E-state index in [1.54, 1.807) is 12.1 Å². The van der Waals surface area contributed by atoms with Gasteiger partial charge in [-0.15, -0.1) is 11.3 Å². The molecule has 0 bridgehead atoms. The highest BCUT2D eigenvalue weighted by molar-refractivity contribution is 7.20. The van der Waals surface area contributed by atoms with E-state index in [0.29, 0.717) is 16.1 Å². The fraction of sp³-hybridized carbons (Fsp3) is 0.433. The van der Waals surface area contributed by atoms with E-state index in [-0.39, 0.29) is 28.7 Å². The zero-order chi connectivity index (χ0) is 31.3. The summed E-state index contributed by atoms with van der Waals surface area (Å²) in [5, 5.41) is 8.86. The summed E-state index contributed by atoms with van der Waals surface area (Å²) in [6, 6.07) is 7.60. The van der Waals surface area contributed by atoms with E-state index in [0.717, 1.165) is 54.8 Å². The number of thiophene rings is 1.